The van der Waals surface area contributed by atoms with Crippen molar-refractivity contribution in [2.24, 2.45) is 0 Å². The number of benzene rings is 2. The smallest absolute Gasteiger partial charge is 0.277 e. The minimum Gasteiger partial charge on any atom is -0.381 e. The fourth-order valence-corrected chi connectivity index (χ4v) is 1.78. The maximum absolute atomic E-state index is 10.9. The number of hydrogen-bond acceptors (Lipinski definition) is 3. The van der Waals surface area contributed by atoms with Crippen LogP contribution >= 0.6 is 0 Å². The molecule has 0 aromatic heterocycles. The van der Waals surface area contributed by atoms with Gasteiger partial charge in [0, 0.05) is 23.7 Å². The Bertz CT molecular complexity index is 579. The second-order valence-electron chi connectivity index (χ2n) is 3.60. The van der Waals surface area contributed by atoms with Crippen LogP contribution in [0.5, 0.6) is 0 Å². The van der Waals surface area contributed by atoms with Crippen LogP contribution in [0.4, 0.5) is 11.4 Å². The summed E-state index contributed by atoms with van der Waals surface area (Å²) < 4.78 is 0. The lowest BCUT2D eigenvalue weighted by Gasteiger charge is -2.08. The maximum atomic E-state index is 10.9. The highest BCUT2D eigenvalue weighted by Gasteiger charge is 2.12. The van der Waals surface area contributed by atoms with Gasteiger partial charge in [-0.05, 0) is 12.1 Å². The van der Waals surface area contributed by atoms with Gasteiger partial charge in [-0.25, -0.2) is 0 Å². The van der Waals surface area contributed by atoms with E-state index in [1.54, 1.807) is 24.3 Å². The summed E-state index contributed by atoms with van der Waals surface area (Å²) in [5.74, 6) is 0. The van der Waals surface area contributed by atoms with Crippen molar-refractivity contribution in [1.29, 1.82) is 0 Å². The van der Waals surface area contributed by atoms with Gasteiger partial charge in [-0.1, -0.05) is 24.3 Å². The van der Waals surface area contributed by atoms with Gasteiger partial charge in [0.05, 0.1) is 10.3 Å². The summed E-state index contributed by atoms with van der Waals surface area (Å²) in [6, 6.07) is 10.5. The molecule has 2 aromatic carbocycles. The summed E-state index contributed by atoms with van der Waals surface area (Å²) in [4.78, 5) is 10.5. The Morgan fingerprint density at radius 2 is 1.94 bits per heavy atom. The molecule has 0 amide bonds. The van der Waals surface area contributed by atoms with Crippen molar-refractivity contribution >= 4 is 22.1 Å². The number of nitrogens with zero attached hydrogens (tertiary/aromatic N) is 1. The molecule has 0 aliphatic heterocycles. The minimum absolute atomic E-state index is 0.129. The molecule has 0 saturated heterocycles. The van der Waals surface area contributed by atoms with E-state index in [2.05, 4.69) is 11.9 Å². The highest BCUT2D eigenvalue weighted by molar-refractivity contribution is 5.99. The van der Waals surface area contributed by atoms with Crippen molar-refractivity contribution in [2.45, 2.75) is 0 Å². The van der Waals surface area contributed by atoms with Crippen LogP contribution in [0.3, 0.4) is 0 Å². The molecule has 0 aliphatic carbocycles. The fourth-order valence-electron chi connectivity index (χ4n) is 1.78. The van der Waals surface area contributed by atoms with Crippen molar-refractivity contribution in [3.63, 3.8) is 0 Å². The number of anilines is 1. The van der Waals surface area contributed by atoms with Crippen LogP contribution in [0.15, 0.2) is 49.1 Å². The zero-order chi connectivity index (χ0) is 12.3. The lowest BCUT2D eigenvalue weighted by atomic mass is 10.1. The molecule has 0 atom stereocenters. The summed E-state index contributed by atoms with van der Waals surface area (Å²) in [5.41, 5.74) is 1.01. The van der Waals surface area contributed by atoms with E-state index in [9.17, 15) is 10.1 Å². The van der Waals surface area contributed by atoms with Crippen molar-refractivity contribution in [3.8, 4) is 0 Å². The van der Waals surface area contributed by atoms with Gasteiger partial charge in [-0.2, -0.15) is 0 Å². The molecule has 0 spiro atoms. The zero-order valence-electron chi connectivity index (χ0n) is 9.22. The van der Waals surface area contributed by atoms with E-state index in [0.717, 1.165) is 11.1 Å². The van der Waals surface area contributed by atoms with Crippen molar-refractivity contribution in [3.05, 3.63) is 59.2 Å². The molecule has 2 aromatic rings. The Morgan fingerprint density at radius 1 is 1.24 bits per heavy atom. The average Bonchev–Trinajstić information content (AvgIpc) is 2.35. The first-order chi connectivity index (χ1) is 8.24. The third-order valence-corrected chi connectivity index (χ3v) is 2.53. The number of rotatable bonds is 4. The Kier molecular flexibility index (Phi) is 3.05. The van der Waals surface area contributed by atoms with E-state index in [1.807, 2.05) is 12.1 Å². The summed E-state index contributed by atoms with van der Waals surface area (Å²) >= 11 is 0. The van der Waals surface area contributed by atoms with E-state index in [1.165, 1.54) is 6.07 Å². The van der Waals surface area contributed by atoms with Gasteiger partial charge >= 0.3 is 0 Å². The van der Waals surface area contributed by atoms with Gasteiger partial charge in [0.15, 0.2) is 0 Å². The second-order valence-corrected chi connectivity index (χ2v) is 3.60. The number of nitro groups is 1. The van der Waals surface area contributed by atoms with E-state index >= 15 is 0 Å². The normalized spacial score (nSPS) is 10.1. The van der Waals surface area contributed by atoms with Crippen LogP contribution in [0.1, 0.15) is 0 Å². The first kappa shape index (κ1) is 11.1. The molecule has 0 bridgehead atoms. The van der Waals surface area contributed by atoms with E-state index < -0.39 is 0 Å². The molecule has 4 nitrogen and oxygen atoms in total. The quantitative estimate of drug-likeness (QED) is 0.496. The number of nitrogens with one attached hydrogen (secondary N) is 1. The van der Waals surface area contributed by atoms with Gasteiger partial charge in [-0.15, -0.1) is 6.58 Å². The summed E-state index contributed by atoms with van der Waals surface area (Å²) in [6.45, 7) is 4.26. The maximum Gasteiger partial charge on any atom is 0.277 e. The van der Waals surface area contributed by atoms with Gasteiger partial charge in [0.25, 0.3) is 5.69 Å². The molecule has 1 N–H and O–H groups in total. The van der Waals surface area contributed by atoms with E-state index in [-0.39, 0.29) is 10.6 Å². The number of non-ortho nitro benzene ring substituents is 1. The van der Waals surface area contributed by atoms with Crippen LogP contribution in [0.2, 0.25) is 0 Å². The number of nitro benzene ring substituents is 1. The molecule has 0 fully saturated rings. The molecule has 0 aliphatic rings. The number of fused-ring (bicyclic) bond motifs is 1. The molecule has 0 heterocycles. The van der Waals surface area contributed by atoms with Crippen molar-refractivity contribution in [2.75, 3.05) is 11.9 Å². The Labute approximate surface area is 98.7 Å². The molecular weight excluding hydrogens is 216 g/mol. The molecule has 4 heteroatoms. The van der Waals surface area contributed by atoms with Gasteiger partial charge in [0.2, 0.25) is 0 Å². The lowest BCUT2D eigenvalue weighted by Crippen LogP contribution is -1.99. The third-order valence-electron chi connectivity index (χ3n) is 2.53. The molecular formula is C13H12N2O2. The first-order valence-electron chi connectivity index (χ1n) is 5.25. The van der Waals surface area contributed by atoms with Crippen LogP contribution in [-0.2, 0) is 0 Å². The first-order valence-corrected chi connectivity index (χ1v) is 5.25. The Balaban J connectivity index is 2.61. The molecule has 0 unspecified atom stereocenters. The predicted molar refractivity (Wildman–Crippen MR) is 69.3 cm³/mol. The average molecular weight is 228 g/mol. The summed E-state index contributed by atoms with van der Waals surface area (Å²) in [6.07, 6.45) is 1.75. The van der Waals surface area contributed by atoms with Crippen molar-refractivity contribution < 1.29 is 4.92 Å². The highest BCUT2D eigenvalue weighted by Crippen LogP contribution is 2.31. The fraction of sp³-hybridized carbons (Fsp3) is 0.0769. The predicted octanol–water partition coefficient (Wildman–Crippen LogP) is 3.35. The molecule has 17 heavy (non-hydrogen) atoms. The topological polar surface area (TPSA) is 55.2 Å². The molecule has 2 rings (SSSR count). The molecule has 86 valence electrons. The highest BCUT2D eigenvalue weighted by atomic mass is 16.6. The van der Waals surface area contributed by atoms with Gasteiger partial charge in [-0.3, -0.25) is 10.1 Å². The minimum atomic E-state index is -0.361. The number of hydrogen-bond donors (Lipinski definition) is 1. The Hall–Kier alpha value is -2.36. The second kappa shape index (κ2) is 4.65. The Morgan fingerprint density at radius 3 is 2.59 bits per heavy atom. The largest absolute Gasteiger partial charge is 0.381 e. The standard InChI is InChI=1S/C13H12N2O2/c1-2-9-14-12-7-8-13(15(16)17)11-6-4-3-5-10(11)12/h2-8,14H,1,9H2. The van der Waals surface area contributed by atoms with E-state index in [4.69, 9.17) is 0 Å². The SMILES string of the molecule is C=CCNc1ccc([N+](=O)[O-])c2ccccc12. The van der Waals surface area contributed by atoms with E-state index in [0.29, 0.717) is 11.9 Å². The summed E-state index contributed by atoms with van der Waals surface area (Å²) in [5, 5.41) is 15.6. The summed E-state index contributed by atoms with van der Waals surface area (Å²) in [7, 11) is 0. The lowest BCUT2D eigenvalue weighted by molar-refractivity contribution is -0.383. The van der Waals surface area contributed by atoms with Gasteiger partial charge in [0.1, 0.15) is 0 Å². The molecule has 0 saturated carbocycles. The zero-order valence-corrected chi connectivity index (χ0v) is 9.22. The van der Waals surface area contributed by atoms with Crippen LogP contribution in [-0.4, -0.2) is 11.5 Å². The van der Waals surface area contributed by atoms with Crippen LogP contribution < -0.4 is 5.32 Å². The van der Waals surface area contributed by atoms with Gasteiger partial charge < -0.3 is 5.32 Å². The van der Waals surface area contributed by atoms with Crippen LogP contribution in [0.25, 0.3) is 10.8 Å². The van der Waals surface area contributed by atoms with Crippen molar-refractivity contribution in [1.82, 2.24) is 0 Å². The van der Waals surface area contributed by atoms with Crippen LogP contribution in [0, 0.1) is 10.1 Å². The third kappa shape index (κ3) is 2.10. The monoisotopic (exact) mass is 228 g/mol. The molecule has 0 radical (unpaired) electrons.